The summed E-state index contributed by atoms with van der Waals surface area (Å²) in [5.74, 6) is 0.464. The smallest absolute Gasteiger partial charge is 0.407 e. The Morgan fingerprint density at radius 1 is 1.60 bits per heavy atom. The molecule has 0 bridgehead atoms. The van der Waals surface area contributed by atoms with Gasteiger partial charge < -0.3 is 10.0 Å². The lowest BCUT2D eigenvalue weighted by Gasteiger charge is -2.37. The summed E-state index contributed by atoms with van der Waals surface area (Å²) in [5, 5.41) is 8.67. The van der Waals surface area contributed by atoms with Crippen molar-refractivity contribution in [1.82, 2.24) is 9.88 Å². The van der Waals surface area contributed by atoms with Gasteiger partial charge >= 0.3 is 6.09 Å². The molecule has 2 heterocycles. The number of carbonyl (C=O) groups is 1. The number of pyridine rings is 1. The summed E-state index contributed by atoms with van der Waals surface area (Å²) in [5.41, 5.74) is 2.20. The van der Waals surface area contributed by atoms with Crippen molar-refractivity contribution >= 4 is 6.09 Å². The lowest BCUT2D eigenvalue weighted by Crippen LogP contribution is -2.50. The highest BCUT2D eigenvalue weighted by molar-refractivity contribution is 5.66. The second kappa shape index (κ2) is 3.88. The van der Waals surface area contributed by atoms with Gasteiger partial charge in [-0.05, 0) is 30.9 Å². The minimum atomic E-state index is -0.812. The molecular weight excluding hydrogens is 192 g/mol. The van der Waals surface area contributed by atoms with Gasteiger partial charge in [-0.3, -0.25) is 4.98 Å². The molecule has 4 nitrogen and oxygen atoms in total. The Kier molecular flexibility index (Phi) is 2.58. The van der Waals surface area contributed by atoms with E-state index in [-0.39, 0.29) is 0 Å². The van der Waals surface area contributed by atoms with Crippen LogP contribution in [-0.2, 0) is 6.42 Å². The van der Waals surface area contributed by atoms with Crippen LogP contribution in [0.25, 0.3) is 0 Å². The quantitative estimate of drug-likeness (QED) is 0.798. The normalized spacial score (nSPS) is 16.2. The van der Waals surface area contributed by atoms with Crippen molar-refractivity contribution in [1.29, 1.82) is 0 Å². The molecule has 0 radical (unpaired) electrons. The number of likely N-dealkylation sites (tertiary alicyclic amines) is 1. The van der Waals surface area contributed by atoms with Crippen LogP contribution in [0.5, 0.6) is 0 Å². The number of aromatic nitrogens is 1. The average molecular weight is 206 g/mol. The molecule has 0 aliphatic carbocycles. The third kappa shape index (κ3) is 2.26. The van der Waals surface area contributed by atoms with Gasteiger partial charge in [-0.1, -0.05) is 6.07 Å². The minimum absolute atomic E-state index is 0.464. The van der Waals surface area contributed by atoms with Crippen LogP contribution >= 0.6 is 0 Å². The van der Waals surface area contributed by atoms with Gasteiger partial charge in [-0.25, -0.2) is 4.79 Å². The minimum Gasteiger partial charge on any atom is -0.465 e. The Hall–Kier alpha value is -1.58. The first kappa shape index (κ1) is 9.96. The van der Waals surface area contributed by atoms with Gasteiger partial charge in [0.05, 0.1) is 0 Å². The molecule has 1 amide bonds. The van der Waals surface area contributed by atoms with Crippen LogP contribution in [-0.4, -0.2) is 34.2 Å². The van der Waals surface area contributed by atoms with Gasteiger partial charge in [0.2, 0.25) is 0 Å². The molecule has 1 fully saturated rings. The number of nitrogens with zero attached hydrogens (tertiary/aromatic N) is 2. The number of hydrogen-bond donors (Lipinski definition) is 1. The van der Waals surface area contributed by atoms with Gasteiger partial charge in [0.1, 0.15) is 0 Å². The molecule has 1 aliphatic heterocycles. The topological polar surface area (TPSA) is 53.4 Å². The van der Waals surface area contributed by atoms with E-state index >= 15 is 0 Å². The summed E-state index contributed by atoms with van der Waals surface area (Å²) in [6, 6.07) is 4.05. The monoisotopic (exact) mass is 206 g/mol. The fourth-order valence-corrected chi connectivity index (χ4v) is 1.81. The second-order valence-corrected chi connectivity index (χ2v) is 4.07. The van der Waals surface area contributed by atoms with Crippen molar-refractivity contribution in [3.05, 3.63) is 29.6 Å². The highest BCUT2D eigenvalue weighted by Crippen LogP contribution is 2.19. The van der Waals surface area contributed by atoms with E-state index in [0.717, 1.165) is 12.1 Å². The zero-order valence-corrected chi connectivity index (χ0v) is 8.68. The molecular formula is C11H14N2O2. The molecule has 1 aromatic rings. The molecule has 0 spiro atoms. The molecule has 15 heavy (non-hydrogen) atoms. The maximum atomic E-state index is 10.5. The summed E-state index contributed by atoms with van der Waals surface area (Å²) in [6.07, 6.45) is 1.99. The Bertz CT molecular complexity index is 355. The summed E-state index contributed by atoms with van der Waals surface area (Å²) in [6.45, 7) is 3.27. The van der Waals surface area contributed by atoms with E-state index < -0.39 is 6.09 Å². The van der Waals surface area contributed by atoms with Crippen LogP contribution in [0.15, 0.2) is 18.3 Å². The van der Waals surface area contributed by atoms with E-state index in [1.54, 1.807) is 0 Å². The molecule has 0 unspecified atom stereocenters. The van der Waals surface area contributed by atoms with E-state index in [0.29, 0.717) is 19.0 Å². The van der Waals surface area contributed by atoms with E-state index in [1.165, 1.54) is 10.5 Å². The fourth-order valence-electron chi connectivity index (χ4n) is 1.81. The number of rotatable bonds is 2. The summed E-state index contributed by atoms with van der Waals surface area (Å²) < 4.78 is 0. The highest BCUT2D eigenvalue weighted by atomic mass is 16.4. The standard InChI is InChI=1S/C11H14N2O2/c1-8-2-3-9(5-12-8)4-10-6-13(7-10)11(14)15/h2-3,5,10H,4,6-7H2,1H3,(H,14,15). The van der Waals surface area contributed by atoms with E-state index in [4.69, 9.17) is 5.11 Å². The lowest BCUT2D eigenvalue weighted by atomic mass is 9.93. The van der Waals surface area contributed by atoms with Gasteiger partial charge in [0.25, 0.3) is 0 Å². The predicted molar refractivity (Wildman–Crippen MR) is 55.8 cm³/mol. The third-order valence-corrected chi connectivity index (χ3v) is 2.72. The van der Waals surface area contributed by atoms with Gasteiger partial charge in [-0.15, -0.1) is 0 Å². The Labute approximate surface area is 88.6 Å². The van der Waals surface area contributed by atoms with Crippen LogP contribution in [0, 0.1) is 12.8 Å². The highest BCUT2D eigenvalue weighted by Gasteiger charge is 2.30. The van der Waals surface area contributed by atoms with Crippen molar-refractivity contribution in [3.63, 3.8) is 0 Å². The van der Waals surface area contributed by atoms with Crippen molar-refractivity contribution in [2.45, 2.75) is 13.3 Å². The van der Waals surface area contributed by atoms with Crippen LogP contribution < -0.4 is 0 Å². The first-order valence-electron chi connectivity index (χ1n) is 5.04. The molecule has 0 atom stereocenters. The third-order valence-electron chi connectivity index (χ3n) is 2.72. The fraction of sp³-hybridized carbons (Fsp3) is 0.455. The number of aryl methyl sites for hydroxylation is 1. The molecule has 1 N–H and O–H groups in total. The Balaban J connectivity index is 1.85. The zero-order valence-electron chi connectivity index (χ0n) is 8.68. The summed E-state index contributed by atoms with van der Waals surface area (Å²) >= 11 is 0. The van der Waals surface area contributed by atoms with Crippen LogP contribution in [0.4, 0.5) is 4.79 Å². The number of hydrogen-bond acceptors (Lipinski definition) is 2. The van der Waals surface area contributed by atoms with Crippen LogP contribution in [0.2, 0.25) is 0 Å². The van der Waals surface area contributed by atoms with Gasteiger partial charge in [0, 0.05) is 25.0 Å². The molecule has 80 valence electrons. The SMILES string of the molecule is Cc1ccc(CC2CN(C(=O)O)C2)cn1. The molecule has 1 saturated heterocycles. The van der Waals surface area contributed by atoms with Gasteiger partial charge in [0.15, 0.2) is 0 Å². The van der Waals surface area contributed by atoms with Gasteiger partial charge in [-0.2, -0.15) is 0 Å². The molecule has 0 saturated carbocycles. The molecule has 1 aromatic heterocycles. The van der Waals surface area contributed by atoms with Crippen molar-refractivity contribution < 1.29 is 9.90 Å². The number of amides is 1. The van der Waals surface area contributed by atoms with E-state index in [9.17, 15) is 4.79 Å². The lowest BCUT2D eigenvalue weighted by molar-refractivity contribution is 0.0819. The largest absolute Gasteiger partial charge is 0.465 e. The maximum Gasteiger partial charge on any atom is 0.407 e. The second-order valence-electron chi connectivity index (χ2n) is 4.07. The molecule has 0 aromatic carbocycles. The summed E-state index contributed by atoms with van der Waals surface area (Å²) in [4.78, 5) is 16.2. The molecule has 1 aliphatic rings. The first-order chi connectivity index (χ1) is 7.15. The van der Waals surface area contributed by atoms with Crippen molar-refractivity contribution in [2.24, 2.45) is 5.92 Å². The average Bonchev–Trinajstić information content (AvgIpc) is 2.13. The summed E-state index contributed by atoms with van der Waals surface area (Å²) in [7, 11) is 0. The molecule has 2 rings (SSSR count). The van der Waals surface area contributed by atoms with Crippen LogP contribution in [0.1, 0.15) is 11.3 Å². The van der Waals surface area contributed by atoms with E-state index in [2.05, 4.69) is 11.1 Å². The molecule has 4 heteroatoms. The Morgan fingerprint density at radius 2 is 2.33 bits per heavy atom. The number of carboxylic acid groups (broad SMARTS) is 1. The zero-order chi connectivity index (χ0) is 10.8. The van der Waals surface area contributed by atoms with Crippen molar-refractivity contribution in [3.8, 4) is 0 Å². The first-order valence-corrected chi connectivity index (χ1v) is 5.04. The predicted octanol–water partition coefficient (Wildman–Crippen LogP) is 1.54. The van der Waals surface area contributed by atoms with Crippen LogP contribution in [0.3, 0.4) is 0 Å². The van der Waals surface area contributed by atoms with E-state index in [1.807, 2.05) is 19.2 Å². The Morgan fingerprint density at radius 3 is 2.87 bits per heavy atom. The van der Waals surface area contributed by atoms with Crippen molar-refractivity contribution in [2.75, 3.05) is 13.1 Å². The maximum absolute atomic E-state index is 10.5.